The number of piperidine rings is 1. The normalized spacial score (nSPS) is 17.2. The Morgan fingerprint density at radius 3 is 2.77 bits per heavy atom. The third-order valence-electron chi connectivity index (χ3n) is 4.50. The third-order valence-corrected chi connectivity index (χ3v) is 4.50. The predicted molar refractivity (Wildman–Crippen MR) is 105 cm³/mol. The lowest BCUT2D eigenvalue weighted by atomic mass is 10.00. The first-order chi connectivity index (χ1) is 12.5. The van der Waals surface area contributed by atoms with Crippen LogP contribution in [0.5, 0.6) is 5.75 Å². The number of rotatable bonds is 5. The van der Waals surface area contributed by atoms with E-state index in [0.29, 0.717) is 23.0 Å². The van der Waals surface area contributed by atoms with Gasteiger partial charge in [-0.25, -0.2) is 4.98 Å². The summed E-state index contributed by atoms with van der Waals surface area (Å²) < 4.78 is 5.75. The predicted octanol–water partition coefficient (Wildman–Crippen LogP) is 4.36. The van der Waals surface area contributed by atoms with Crippen LogP contribution in [0.1, 0.15) is 44.1 Å². The quantitative estimate of drug-likeness (QED) is 0.868. The molecule has 0 saturated carbocycles. The number of carbonyl (C=O) groups excluding carboxylic acids is 1. The van der Waals surface area contributed by atoms with Crippen molar-refractivity contribution < 1.29 is 9.53 Å². The molecule has 0 spiro atoms. The first-order valence-corrected chi connectivity index (χ1v) is 9.31. The van der Waals surface area contributed by atoms with Crippen molar-refractivity contribution >= 4 is 17.3 Å². The molecule has 1 unspecified atom stereocenters. The van der Waals surface area contributed by atoms with Crippen LogP contribution in [0.4, 0.5) is 11.4 Å². The molecule has 1 aromatic carbocycles. The number of hydrogen-bond acceptors (Lipinski definition) is 4. The van der Waals surface area contributed by atoms with Crippen LogP contribution in [0, 0.1) is 5.92 Å². The Kier molecular flexibility index (Phi) is 5.76. The van der Waals surface area contributed by atoms with Gasteiger partial charge in [0.25, 0.3) is 5.91 Å². The van der Waals surface area contributed by atoms with E-state index in [9.17, 15) is 4.79 Å². The first-order valence-electron chi connectivity index (χ1n) is 9.31. The van der Waals surface area contributed by atoms with Crippen LogP contribution in [0.2, 0.25) is 0 Å². The lowest BCUT2D eigenvalue weighted by molar-refractivity contribution is 0.102. The maximum Gasteiger partial charge on any atom is 0.274 e. The van der Waals surface area contributed by atoms with Gasteiger partial charge in [0.1, 0.15) is 11.4 Å². The van der Waals surface area contributed by atoms with Gasteiger partial charge in [-0.1, -0.05) is 19.1 Å². The summed E-state index contributed by atoms with van der Waals surface area (Å²) in [5, 5.41) is 2.90. The maximum atomic E-state index is 12.5. The molecule has 1 fully saturated rings. The van der Waals surface area contributed by atoms with Gasteiger partial charge in [0.05, 0.1) is 23.7 Å². The number of hydrogen-bond donors (Lipinski definition) is 1. The van der Waals surface area contributed by atoms with Gasteiger partial charge < -0.3 is 15.0 Å². The number of nitrogens with one attached hydrogen (secondary N) is 1. The molecule has 3 rings (SSSR count). The average Bonchev–Trinajstić information content (AvgIpc) is 2.63. The van der Waals surface area contributed by atoms with Crippen molar-refractivity contribution in [1.29, 1.82) is 0 Å². The fourth-order valence-electron chi connectivity index (χ4n) is 3.24. The van der Waals surface area contributed by atoms with Crippen LogP contribution >= 0.6 is 0 Å². The fourth-order valence-corrected chi connectivity index (χ4v) is 3.24. The van der Waals surface area contributed by atoms with E-state index in [1.165, 1.54) is 12.8 Å². The van der Waals surface area contributed by atoms with Gasteiger partial charge in [-0.3, -0.25) is 4.79 Å². The fraction of sp³-hybridized carbons (Fsp3) is 0.429. The number of pyridine rings is 1. The summed E-state index contributed by atoms with van der Waals surface area (Å²) >= 11 is 0. The Morgan fingerprint density at radius 2 is 2.08 bits per heavy atom. The number of nitrogens with zero attached hydrogens (tertiary/aromatic N) is 2. The second-order valence-corrected chi connectivity index (χ2v) is 7.21. The van der Waals surface area contributed by atoms with Crippen molar-refractivity contribution in [3.8, 4) is 5.75 Å². The standard InChI is InChI=1S/C21H27N3O2/c1-15(2)26-20-9-5-4-8-18(20)23-21(25)19-11-10-17(13-22-19)24-12-6-7-16(3)14-24/h4-5,8-11,13,15-16H,6-7,12,14H2,1-3H3,(H,23,25). The van der Waals surface area contributed by atoms with Crippen LogP contribution in [0.15, 0.2) is 42.6 Å². The summed E-state index contributed by atoms with van der Waals surface area (Å²) in [6.07, 6.45) is 4.32. The summed E-state index contributed by atoms with van der Waals surface area (Å²) in [7, 11) is 0. The van der Waals surface area contributed by atoms with Gasteiger partial charge >= 0.3 is 0 Å². The van der Waals surface area contributed by atoms with E-state index in [4.69, 9.17) is 4.74 Å². The molecule has 26 heavy (non-hydrogen) atoms. The minimum atomic E-state index is -0.233. The van der Waals surface area contributed by atoms with Crippen LogP contribution in [0.3, 0.4) is 0 Å². The molecule has 1 aromatic heterocycles. The first kappa shape index (κ1) is 18.2. The second-order valence-electron chi connectivity index (χ2n) is 7.21. The van der Waals surface area contributed by atoms with Crippen LogP contribution in [-0.2, 0) is 0 Å². The van der Waals surface area contributed by atoms with Gasteiger partial charge in [-0.2, -0.15) is 0 Å². The maximum absolute atomic E-state index is 12.5. The summed E-state index contributed by atoms with van der Waals surface area (Å²) in [6.45, 7) is 8.30. The Morgan fingerprint density at radius 1 is 1.27 bits per heavy atom. The molecule has 5 nitrogen and oxygen atoms in total. The highest BCUT2D eigenvalue weighted by Gasteiger charge is 2.18. The second kappa shape index (κ2) is 8.21. The number of para-hydroxylation sites is 2. The zero-order valence-corrected chi connectivity index (χ0v) is 15.7. The van der Waals surface area contributed by atoms with E-state index in [1.54, 1.807) is 12.3 Å². The molecule has 0 aliphatic carbocycles. The van der Waals surface area contributed by atoms with Gasteiger partial charge in [-0.05, 0) is 56.9 Å². The number of carbonyl (C=O) groups is 1. The molecular weight excluding hydrogens is 326 g/mol. The van der Waals surface area contributed by atoms with Crippen molar-refractivity contribution in [3.05, 3.63) is 48.3 Å². The summed E-state index contributed by atoms with van der Waals surface area (Å²) in [5.41, 5.74) is 2.14. The highest BCUT2D eigenvalue weighted by Crippen LogP contribution is 2.26. The Labute approximate surface area is 155 Å². The summed E-state index contributed by atoms with van der Waals surface area (Å²) in [5.74, 6) is 1.13. The highest BCUT2D eigenvalue weighted by atomic mass is 16.5. The smallest absolute Gasteiger partial charge is 0.274 e. The molecule has 0 radical (unpaired) electrons. The number of aromatic nitrogens is 1. The number of benzene rings is 1. The van der Waals surface area contributed by atoms with Crippen LogP contribution in [0.25, 0.3) is 0 Å². The van der Waals surface area contributed by atoms with Crippen LogP contribution in [-0.4, -0.2) is 30.1 Å². The zero-order valence-electron chi connectivity index (χ0n) is 15.7. The summed E-state index contributed by atoms with van der Waals surface area (Å²) in [6, 6.07) is 11.2. The average molecular weight is 353 g/mol. The molecule has 5 heteroatoms. The topological polar surface area (TPSA) is 54.5 Å². The molecule has 1 N–H and O–H groups in total. The molecule has 1 atom stereocenters. The zero-order chi connectivity index (χ0) is 18.5. The van der Waals surface area contributed by atoms with Crippen LogP contribution < -0.4 is 15.0 Å². The van der Waals surface area contributed by atoms with E-state index >= 15 is 0 Å². The van der Waals surface area contributed by atoms with E-state index in [0.717, 1.165) is 18.8 Å². The molecule has 0 bridgehead atoms. The van der Waals surface area contributed by atoms with E-state index in [2.05, 4.69) is 22.1 Å². The minimum Gasteiger partial charge on any atom is -0.489 e. The van der Waals surface area contributed by atoms with Crippen molar-refractivity contribution in [2.45, 2.75) is 39.7 Å². The largest absolute Gasteiger partial charge is 0.489 e. The van der Waals surface area contributed by atoms with Gasteiger partial charge in [-0.15, -0.1) is 0 Å². The molecular formula is C21H27N3O2. The molecule has 1 aliphatic heterocycles. The van der Waals surface area contributed by atoms with Crippen molar-refractivity contribution in [2.24, 2.45) is 5.92 Å². The molecule has 2 heterocycles. The third kappa shape index (κ3) is 4.54. The SMILES string of the molecule is CC1CCCN(c2ccc(C(=O)Nc3ccccc3OC(C)C)nc2)C1. The summed E-state index contributed by atoms with van der Waals surface area (Å²) in [4.78, 5) is 19.3. The van der Waals surface area contributed by atoms with E-state index < -0.39 is 0 Å². The van der Waals surface area contributed by atoms with Gasteiger partial charge in [0.15, 0.2) is 0 Å². The van der Waals surface area contributed by atoms with Gasteiger partial charge in [0.2, 0.25) is 0 Å². The number of amides is 1. The number of anilines is 2. The lowest BCUT2D eigenvalue weighted by Crippen LogP contribution is -2.34. The molecule has 138 valence electrons. The van der Waals surface area contributed by atoms with Crippen molar-refractivity contribution in [2.75, 3.05) is 23.3 Å². The van der Waals surface area contributed by atoms with Crippen molar-refractivity contribution in [3.63, 3.8) is 0 Å². The number of ether oxygens (including phenoxy) is 1. The van der Waals surface area contributed by atoms with E-state index in [1.807, 2.05) is 44.2 Å². The van der Waals surface area contributed by atoms with E-state index in [-0.39, 0.29) is 12.0 Å². The Balaban J connectivity index is 1.69. The molecule has 1 saturated heterocycles. The molecule has 1 aliphatic rings. The minimum absolute atomic E-state index is 0.0393. The van der Waals surface area contributed by atoms with Gasteiger partial charge in [0, 0.05) is 13.1 Å². The molecule has 1 amide bonds. The Hall–Kier alpha value is -2.56. The highest BCUT2D eigenvalue weighted by molar-refractivity contribution is 6.03. The lowest BCUT2D eigenvalue weighted by Gasteiger charge is -2.32. The Bertz CT molecular complexity index is 743. The molecule has 2 aromatic rings. The van der Waals surface area contributed by atoms with Crippen molar-refractivity contribution in [1.82, 2.24) is 4.98 Å². The monoisotopic (exact) mass is 353 g/mol.